The predicted molar refractivity (Wildman–Crippen MR) is 129 cm³/mol. The van der Waals surface area contributed by atoms with Crippen molar-refractivity contribution in [2.75, 3.05) is 0 Å². The van der Waals surface area contributed by atoms with Crippen LogP contribution < -0.4 is 10.2 Å². The van der Waals surface area contributed by atoms with Gasteiger partial charge in [0.15, 0.2) is 5.76 Å². The molecule has 0 radical (unpaired) electrons. The Morgan fingerprint density at radius 1 is 1.10 bits per heavy atom. The van der Waals surface area contributed by atoms with Gasteiger partial charge in [-0.1, -0.05) is 46.3 Å². The summed E-state index contributed by atoms with van der Waals surface area (Å²) in [5.74, 6) is 0.619. The number of furan rings is 1. The fourth-order valence-electron chi connectivity index (χ4n) is 2.77. The number of rotatable bonds is 6. The van der Waals surface area contributed by atoms with Crippen LogP contribution in [0.2, 0.25) is 0 Å². The number of hydrazone groups is 1. The highest BCUT2D eigenvalue weighted by atomic mass is 127. The van der Waals surface area contributed by atoms with Crippen LogP contribution in [0, 0.1) is 3.57 Å². The molecule has 0 saturated heterocycles. The number of hydrogen-bond donors (Lipinski definition) is 1. The summed E-state index contributed by atoms with van der Waals surface area (Å²) in [5.41, 5.74) is 5.10. The minimum Gasteiger partial charge on any atom is -0.488 e. The first kappa shape index (κ1) is 20.6. The summed E-state index contributed by atoms with van der Waals surface area (Å²) in [4.78, 5) is 12.2. The largest absolute Gasteiger partial charge is 0.488 e. The van der Waals surface area contributed by atoms with Crippen LogP contribution in [0.15, 0.2) is 86.8 Å². The minimum atomic E-state index is -0.397. The molecule has 3 aromatic carbocycles. The molecule has 1 heterocycles. The smallest absolute Gasteiger partial charge is 0.307 e. The highest BCUT2D eigenvalue weighted by molar-refractivity contribution is 14.1. The summed E-state index contributed by atoms with van der Waals surface area (Å²) in [7, 11) is 0. The van der Waals surface area contributed by atoms with E-state index in [-0.39, 0.29) is 5.76 Å². The van der Waals surface area contributed by atoms with Crippen LogP contribution in [0.4, 0.5) is 0 Å². The molecule has 30 heavy (non-hydrogen) atoms. The van der Waals surface area contributed by atoms with E-state index in [2.05, 4.69) is 49.0 Å². The van der Waals surface area contributed by atoms with Crippen LogP contribution in [0.5, 0.6) is 5.75 Å². The van der Waals surface area contributed by atoms with Gasteiger partial charge in [-0.15, -0.1) is 0 Å². The zero-order chi connectivity index (χ0) is 20.9. The maximum atomic E-state index is 12.2. The first-order valence-corrected chi connectivity index (χ1v) is 10.9. The highest BCUT2D eigenvalue weighted by Gasteiger charge is 2.11. The molecule has 5 nitrogen and oxygen atoms in total. The van der Waals surface area contributed by atoms with Crippen molar-refractivity contribution in [2.45, 2.75) is 6.61 Å². The molecule has 1 N–H and O–H groups in total. The molecule has 4 rings (SSSR count). The average molecular weight is 575 g/mol. The Morgan fingerprint density at radius 3 is 2.67 bits per heavy atom. The normalized spacial score (nSPS) is 11.1. The third-order valence-corrected chi connectivity index (χ3v) is 5.66. The zero-order valence-corrected chi connectivity index (χ0v) is 19.4. The Labute approximate surface area is 195 Å². The second-order valence-corrected chi connectivity index (χ2v) is 8.53. The van der Waals surface area contributed by atoms with E-state index in [0.29, 0.717) is 12.2 Å². The number of benzene rings is 3. The van der Waals surface area contributed by atoms with Gasteiger partial charge in [0.1, 0.15) is 17.9 Å². The molecule has 0 spiro atoms. The fourth-order valence-corrected chi connectivity index (χ4v) is 3.73. The van der Waals surface area contributed by atoms with Gasteiger partial charge in [0, 0.05) is 9.86 Å². The number of ether oxygens (including phenoxy) is 1. The van der Waals surface area contributed by atoms with Gasteiger partial charge in [0.05, 0.1) is 9.78 Å². The third kappa shape index (κ3) is 5.09. The lowest BCUT2D eigenvalue weighted by molar-refractivity contribution is 0.0929. The van der Waals surface area contributed by atoms with Gasteiger partial charge in [-0.25, -0.2) is 5.43 Å². The molecule has 0 saturated carbocycles. The number of fused-ring (bicyclic) bond motifs is 1. The van der Waals surface area contributed by atoms with Crippen molar-refractivity contribution in [3.63, 3.8) is 0 Å². The van der Waals surface area contributed by atoms with E-state index in [1.807, 2.05) is 66.7 Å². The second kappa shape index (κ2) is 9.44. The Hall–Kier alpha value is -2.65. The average Bonchev–Trinajstić information content (AvgIpc) is 3.19. The SMILES string of the molecule is O=C(N/N=C/c1ccc(OCc2ccc(Br)cc2)c(I)c1)c1cc2ccccc2o1. The van der Waals surface area contributed by atoms with E-state index >= 15 is 0 Å². The van der Waals surface area contributed by atoms with E-state index in [4.69, 9.17) is 9.15 Å². The maximum absolute atomic E-state index is 12.2. The lowest BCUT2D eigenvalue weighted by Gasteiger charge is -2.09. The van der Waals surface area contributed by atoms with Crippen LogP contribution >= 0.6 is 38.5 Å². The van der Waals surface area contributed by atoms with Gasteiger partial charge < -0.3 is 9.15 Å². The minimum absolute atomic E-state index is 0.222. The van der Waals surface area contributed by atoms with Crippen LogP contribution in [0.3, 0.4) is 0 Å². The highest BCUT2D eigenvalue weighted by Crippen LogP contribution is 2.23. The van der Waals surface area contributed by atoms with E-state index in [9.17, 15) is 4.79 Å². The van der Waals surface area contributed by atoms with Crippen molar-refractivity contribution in [2.24, 2.45) is 5.10 Å². The second-order valence-electron chi connectivity index (χ2n) is 6.45. The first-order valence-electron chi connectivity index (χ1n) is 9.07. The topological polar surface area (TPSA) is 63.8 Å². The molecule has 0 unspecified atom stereocenters. The van der Waals surface area contributed by atoms with Gasteiger partial charge in [-0.3, -0.25) is 4.79 Å². The summed E-state index contributed by atoms with van der Waals surface area (Å²) in [6.45, 7) is 0.490. The molecule has 4 aromatic rings. The van der Waals surface area contributed by atoms with Crippen molar-refractivity contribution in [1.82, 2.24) is 5.43 Å². The summed E-state index contributed by atoms with van der Waals surface area (Å²) < 4.78 is 13.4. The monoisotopic (exact) mass is 574 g/mol. The van der Waals surface area contributed by atoms with Crippen molar-refractivity contribution in [1.29, 1.82) is 0 Å². The summed E-state index contributed by atoms with van der Waals surface area (Å²) in [6.07, 6.45) is 1.58. The Kier molecular flexibility index (Phi) is 6.49. The molecule has 1 aromatic heterocycles. The van der Waals surface area contributed by atoms with Gasteiger partial charge in [-0.2, -0.15) is 5.10 Å². The van der Waals surface area contributed by atoms with Gasteiger partial charge in [0.25, 0.3) is 0 Å². The van der Waals surface area contributed by atoms with E-state index in [1.54, 1.807) is 12.3 Å². The molecule has 0 fully saturated rings. The molecular formula is C23H16BrIN2O3. The molecule has 1 amide bonds. The number of hydrogen-bond acceptors (Lipinski definition) is 4. The quantitative estimate of drug-likeness (QED) is 0.171. The van der Waals surface area contributed by atoms with Crippen molar-refractivity contribution >= 4 is 61.6 Å². The standard InChI is InChI=1S/C23H16BrIN2O3/c24-18-8-5-15(6-9-18)14-29-21-10-7-16(11-19(21)25)13-26-27-23(28)22-12-17-3-1-2-4-20(17)30-22/h1-13H,14H2,(H,27,28)/b26-13+. The predicted octanol–water partition coefficient (Wildman–Crippen LogP) is 6.14. The van der Waals surface area contributed by atoms with Gasteiger partial charge in [0.2, 0.25) is 0 Å². The van der Waals surface area contributed by atoms with Crippen LogP contribution in [-0.4, -0.2) is 12.1 Å². The number of carbonyl (C=O) groups excluding carboxylic acids is 1. The fraction of sp³-hybridized carbons (Fsp3) is 0.0435. The number of nitrogens with zero attached hydrogens (tertiary/aromatic N) is 1. The van der Waals surface area contributed by atoms with Crippen molar-refractivity contribution < 1.29 is 13.9 Å². The zero-order valence-electron chi connectivity index (χ0n) is 15.6. The van der Waals surface area contributed by atoms with Crippen molar-refractivity contribution in [3.05, 3.63) is 97.7 Å². The Bertz CT molecular complexity index is 1190. The lowest BCUT2D eigenvalue weighted by Crippen LogP contribution is -2.16. The third-order valence-electron chi connectivity index (χ3n) is 4.29. The molecule has 0 atom stereocenters. The molecule has 0 aliphatic heterocycles. The van der Waals surface area contributed by atoms with E-state index in [0.717, 1.165) is 30.3 Å². The van der Waals surface area contributed by atoms with E-state index < -0.39 is 5.91 Å². The summed E-state index contributed by atoms with van der Waals surface area (Å²) in [5, 5.41) is 4.90. The Morgan fingerprint density at radius 2 is 1.90 bits per heavy atom. The lowest BCUT2D eigenvalue weighted by atomic mass is 10.2. The molecule has 0 aliphatic carbocycles. The van der Waals surface area contributed by atoms with Crippen LogP contribution in [0.1, 0.15) is 21.7 Å². The first-order chi connectivity index (χ1) is 14.6. The van der Waals surface area contributed by atoms with Crippen LogP contribution in [-0.2, 0) is 6.61 Å². The molecular weight excluding hydrogens is 559 g/mol. The number of nitrogens with one attached hydrogen (secondary N) is 1. The molecule has 7 heteroatoms. The number of para-hydroxylation sites is 1. The van der Waals surface area contributed by atoms with Crippen LogP contribution in [0.25, 0.3) is 11.0 Å². The molecule has 150 valence electrons. The summed E-state index contributed by atoms with van der Waals surface area (Å²) >= 11 is 5.65. The van der Waals surface area contributed by atoms with Crippen molar-refractivity contribution in [3.8, 4) is 5.75 Å². The maximum Gasteiger partial charge on any atom is 0.307 e. The number of carbonyl (C=O) groups is 1. The Balaban J connectivity index is 1.36. The molecule has 0 bridgehead atoms. The van der Waals surface area contributed by atoms with Gasteiger partial charge >= 0.3 is 5.91 Å². The number of halogens is 2. The molecule has 0 aliphatic rings. The van der Waals surface area contributed by atoms with E-state index in [1.165, 1.54) is 0 Å². The summed E-state index contributed by atoms with van der Waals surface area (Å²) in [6, 6.07) is 22.9. The van der Waals surface area contributed by atoms with Gasteiger partial charge in [-0.05, 0) is 76.2 Å². The number of amides is 1.